The summed E-state index contributed by atoms with van der Waals surface area (Å²) in [5.74, 6) is -0.234. The maximum Gasteiger partial charge on any atom is 0.410 e. The largest absolute Gasteiger partial charge is 0.444 e. The predicted octanol–water partition coefficient (Wildman–Crippen LogP) is 5.06. The minimum Gasteiger partial charge on any atom is -0.444 e. The first-order chi connectivity index (χ1) is 12.3. The highest BCUT2D eigenvalue weighted by Gasteiger charge is 2.26. The lowest BCUT2D eigenvalue weighted by Crippen LogP contribution is -2.50. The van der Waals surface area contributed by atoms with Gasteiger partial charge in [-0.1, -0.05) is 32.0 Å². The number of anilines is 1. The van der Waals surface area contributed by atoms with Crippen LogP contribution in [0, 0.1) is 5.82 Å². The SMILES string of the molecule is CC.CC(C)(C)OC(=O)N1CCN(c2cccc3ccc(F)cc23)CC1. The molecule has 1 heterocycles. The van der Waals surface area contributed by atoms with Crippen molar-refractivity contribution in [3.8, 4) is 0 Å². The summed E-state index contributed by atoms with van der Waals surface area (Å²) in [6.45, 7) is 12.2. The highest BCUT2D eigenvalue weighted by Crippen LogP contribution is 2.28. The Morgan fingerprint density at radius 3 is 2.31 bits per heavy atom. The fraction of sp³-hybridized carbons (Fsp3) is 0.476. The van der Waals surface area contributed by atoms with Gasteiger partial charge in [0.1, 0.15) is 11.4 Å². The third-order valence-electron chi connectivity index (χ3n) is 4.09. The molecular formula is C21H29FN2O2. The maximum atomic E-state index is 13.6. The number of ether oxygens (including phenoxy) is 1. The van der Waals surface area contributed by atoms with Crippen LogP contribution in [0.2, 0.25) is 0 Å². The number of carbonyl (C=O) groups excluding carboxylic acids is 1. The van der Waals surface area contributed by atoms with Crippen molar-refractivity contribution >= 4 is 22.6 Å². The molecule has 0 unspecified atom stereocenters. The molecule has 2 aromatic carbocycles. The lowest BCUT2D eigenvalue weighted by atomic mass is 10.1. The molecular weight excluding hydrogens is 331 g/mol. The van der Waals surface area contributed by atoms with Crippen LogP contribution in [-0.4, -0.2) is 42.8 Å². The lowest BCUT2D eigenvalue weighted by Gasteiger charge is -2.37. The molecule has 0 radical (unpaired) electrons. The van der Waals surface area contributed by atoms with Crippen molar-refractivity contribution < 1.29 is 13.9 Å². The number of benzene rings is 2. The zero-order valence-corrected chi connectivity index (χ0v) is 16.4. The van der Waals surface area contributed by atoms with Gasteiger partial charge in [-0.25, -0.2) is 9.18 Å². The lowest BCUT2D eigenvalue weighted by molar-refractivity contribution is 0.0240. The van der Waals surface area contributed by atoms with E-state index in [-0.39, 0.29) is 11.9 Å². The highest BCUT2D eigenvalue weighted by molar-refractivity contribution is 5.94. The van der Waals surface area contributed by atoms with E-state index in [1.807, 2.05) is 52.8 Å². The van der Waals surface area contributed by atoms with Crippen LogP contribution in [0.1, 0.15) is 34.6 Å². The van der Waals surface area contributed by atoms with E-state index in [4.69, 9.17) is 4.74 Å². The molecule has 1 fully saturated rings. The van der Waals surface area contributed by atoms with Gasteiger partial charge in [-0.2, -0.15) is 0 Å². The molecule has 3 rings (SSSR count). The fourth-order valence-electron chi connectivity index (χ4n) is 2.96. The van der Waals surface area contributed by atoms with Crippen LogP contribution < -0.4 is 4.90 Å². The van der Waals surface area contributed by atoms with Crippen molar-refractivity contribution in [2.75, 3.05) is 31.1 Å². The molecule has 26 heavy (non-hydrogen) atoms. The summed E-state index contributed by atoms with van der Waals surface area (Å²) in [7, 11) is 0. The van der Waals surface area contributed by atoms with E-state index in [1.54, 1.807) is 17.0 Å². The van der Waals surface area contributed by atoms with Gasteiger partial charge in [0, 0.05) is 37.3 Å². The Bertz CT molecular complexity index is 747. The van der Waals surface area contributed by atoms with Crippen LogP contribution in [0.5, 0.6) is 0 Å². The van der Waals surface area contributed by atoms with Gasteiger partial charge >= 0.3 is 6.09 Å². The number of rotatable bonds is 1. The van der Waals surface area contributed by atoms with E-state index in [1.165, 1.54) is 6.07 Å². The summed E-state index contributed by atoms with van der Waals surface area (Å²) in [4.78, 5) is 16.1. The van der Waals surface area contributed by atoms with Crippen molar-refractivity contribution in [2.24, 2.45) is 0 Å². The van der Waals surface area contributed by atoms with E-state index >= 15 is 0 Å². The minimum absolute atomic E-state index is 0.234. The molecule has 1 amide bonds. The third-order valence-corrected chi connectivity index (χ3v) is 4.09. The molecule has 0 atom stereocenters. The van der Waals surface area contributed by atoms with Gasteiger partial charge in [0.05, 0.1) is 0 Å². The van der Waals surface area contributed by atoms with Gasteiger partial charge in [0.15, 0.2) is 0 Å². The standard InChI is InChI=1S/C19H23FN2O2.C2H6/c1-19(2,3)24-18(23)22-11-9-21(10-12-22)17-6-4-5-14-7-8-15(20)13-16(14)17;1-2/h4-8,13H,9-12H2,1-3H3;1-2H3. The molecule has 0 aromatic heterocycles. The number of piperazine rings is 1. The molecule has 0 spiro atoms. The first kappa shape index (κ1) is 20.0. The molecule has 1 aliphatic rings. The average Bonchev–Trinajstić information content (AvgIpc) is 2.61. The molecule has 0 bridgehead atoms. The van der Waals surface area contributed by atoms with E-state index in [9.17, 15) is 9.18 Å². The summed E-state index contributed by atoms with van der Waals surface area (Å²) in [5, 5.41) is 1.92. The van der Waals surface area contributed by atoms with Crippen molar-refractivity contribution in [1.82, 2.24) is 4.90 Å². The predicted molar refractivity (Wildman–Crippen MR) is 105 cm³/mol. The first-order valence-electron chi connectivity index (χ1n) is 9.25. The van der Waals surface area contributed by atoms with E-state index in [0.29, 0.717) is 26.2 Å². The number of nitrogens with zero attached hydrogens (tertiary/aromatic N) is 2. The van der Waals surface area contributed by atoms with E-state index < -0.39 is 5.60 Å². The second-order valence-electron chi connectivity index (χ2n) is 7.10. The van der Waals surface area contributed by atoms with Gasteiger partial charge in [-0.3, -0.25) is 0 Å². The highest BCUT2D eigenvalue weighted by atomic mass is 19.1. The number of carbonyl (C=O) groups is 1. The smallest absolute Gasteiger partial charge is 0.410 e. The average molecular weight is 360 g/mol. The Balaban J connectivity index is 0.00000117. The summed E-state index contributed by atoms with van der Waals surface area (Å²) >= 11 is 0. The molecule has 2 aromatic rings. The van der Waals surface area contributed by atoms with Crippen molar-refractivity contribution in [1.29, 1.82) is 0 Å². The fourth-order valence-corrected chi connectivity index (χ4v) is 2.96. The molecule has 0 N–H and O–H groups in total. The number of amides is 1. The van der Waals surface area contributed by atoms with Crippen LogP contribution in [0.25, 0.3) is 10.8 Å². The monoisotopic (exact) mass is 360 g/mol. The number of hydrogen-bond donors (Lipinski definition) is 0. The normalized spacial score (nSPS) is 14.7. The Kier molecular flexibility index (Phi) is 6.46. The molecule has 1 aliphatic heterocycles. The second kappa shape index (κ2) is 8.39. The Hall–Kier alpha value is -2.30. The van der Waals surface area contributed by atoms with Crippen LogP contribution >= 0.6 is 0 Å². The Labute approximate surface area is 155 Å². The zero-order chi connectivity index (χ0) is 19.3. The number of fused-ring (bicyclic) bond motifs is 1. The Morgan fingerprint density at radius 1 is 1.04 bits per heavy atom. The molecule has 5 heteroatoms. The van der Waals surface area contributed by atoms with Crippen LogP contribution in [0.15, 0.2) is 36.4 Å². The van der Waals surface area contributed by atoms with Crippen molar-refractivity contribution in [2.45, 2.75) is 40.2 Å². The Morgan fingerprint density at radius 2 is 1.69 bits per heavy atom. The second-order valence-corrected chi connectivity index (χ2v) is 7.10. The van der Waals surface area contributed by atoms with Gasteiger partial charge < -0.3 is 14.5 Å². The molecule has 1 saturated heterocycles. The van der Waals surface area contributed by atoms with Gasteiger partial charge in [-0.15, -0.1) is 0 Å². The van der Waals surface area contributed by atoms with Crippen LogP contribution in [0.3, 0.4) is 0 Å². The molecule has 142 valence electrons. The van der Waals surface area contributed by atoms with Crippen molar-refractivity contribution in [3.63, 3.8) is 0 Å². The number of halogens is 1. The first-order valence-corrected chi connectivity index (χ1v) is 9.25. The minimum atomic E-state index is -0.485. The summed E-state index contributed by atoms with van der Waals surface area (Å²) in [6, 6.07) is 10.8. The summed E-state index contributed by atoms with van der Waals surface area (Å²) < 4.78 is 19.0. The van der Waals surface area contributed by atoms with Gasteiger partial charge in [0.25, 0.3) is 0 Å². The topological polar surface area (TPSA) is 32.8 Å². The zero-order valence-electron chi connectivity index (χ0n) is 16.4. The third kappa shape index (κ3) is 4.87. The molecule has 4 nitrogen and oxygen atoms in total. The van der Waals surface area contributed by atoms with Gasteiger partial charge in [0.2, 0.25) is 0 Å². The van der Waals surface area contributed by atoms with E-state index in [2.05, 4.69) is 4.90 Å². The van der Waals surface area contributed by atoms with Crippen LogP contribution in [-0.2, 0) is 4.74 Å². The van der Waals surface area contributed by atoms with Gasteiger partial charge in [-0.05, 0) is 44.4 Å². The molecule has 0 saturated carbocycles. The maximum absolute atomic E-state index is 13.6. The van der Waals surface area contributed by atoms with Crippen molar-refractivity contribution in [3.05, 3.63) is 42.2 Å². The van der Waals surface area contributed by atoms with Crippen LogP contribution in [0.4, 0.5) is 14.9 Å². The van der Waals surface area contributed by atoms with E-state index in [0.717, 1.165) is 16.5 Å². The molecule has 0 aliphatic carbocycles. The quantitative estimate of drug-likeness (QED) is 0.712. The summed E-state index contributed by atoms with van der Waals surface area (Å²) in [5.41, 5.74) is 0.525. The number of hydrogen-bond acceptors (Lipinski definition) is 3. The summed E-state index contributed by atoms with van der Waals surface area (Å²) in [6.07, 6.45) is -0.272.